The molecule has 0 unspecified atom stereocenters. The number of nitriles is 1. The maximum absolute atomic E-state index is 13.4. The van der Waals surface area contributed by atoms with Gasteiger partial charge < -0.3 is 4.90 Å². The molecule has 0 aromatic heterocycles. The highest BCUT2D eigenvalue weighted by molar-refractivity contribution is 5.56. The van der Waals surface area contributed by atoms with Crippen molar-refractivity contribution in [3.63, 3.8) is 0 Å². The number of aryl methyl sites for hydroxylation is 1. The van der Waals surface area contributed by atoms with Crippen molar-refractivity contribution in [3.05, 3.63) is 65.0 Å². The summed E-state index contributed by atoms with van der Waals surface area (Å²) >= 11 is 0. The second-order valence-electron chi connectivity index (χ2n) is 5.07. The molecule has 1 aliphatic rings. The lowest BCUT2D eigenvalue weighted by Crippen LogP contribution is -2.29. The molecule has 2 aromatic rings. The Kier molecular flexibility index (Phi) is 3.39. The molecule has 1 heterocycles. The molecule has 0 aliphatic carbocycles. The molecule has 0 atom stereocenters. The fourth-order valence-electron chi connectivity index (χ4n) is 2.78. The molecule has 1 aliphatic heterocycles. The number of hydrogen-bond acceptors (Lipinski definition) is 2. The van der Waals surface area contributed by atoms with Crippen LogP contribution in [0.3, 0.4) is 0 Å². The molecule has 20 heavy (non-hydrogen) atoms. The average molecular weight is 266 g/mol. The lowest BCUT2D eigenvalue weighted by Gasteiger charge is -2.31. The highest BCUT2D eigenvalue weighted by Gasteiger charge is 2.17. The zero-order valence-corrected chi connectivity index (χ0v) is 11.1. The Balaban J connectivity index is 1.93. The van der Waals surface area contributed by atoms with E-state index in [4.69, 9.17) is 5.26 Å². The molecule has 3 heteroatoms. The van der Waals surface area contributed by atoms with E-state index in [1.54, 1.807) is 6.07 Å². The molecular weight excluding hydrogens is 251 g/mol. The van der Waals surface area contributed by atoms with Gasteiger partial charge in [-0.3, -0.25) is 0 Å². The second-order valence-corrected chi connectivity index (χ2v) is 5.07. The summed E-state index contributed by atoms with van der Waals surface area (Å²) in [5, 5.41) is 9.14. The zero-order valence-electron chi connectivity index (χ0n) is 11.1. The highest BCUT2D eigenvalue weighted by Crippen LogP contribution is 2.28. The number of benzene rings is 2. The van der Waals surface area contributed by atoms with Gasteiger partial charge in [0.15, 0.2) is 0 Å². The lowest BCUT2D eigenvalue weighted by molar-refractivity contribution is 0.622. The summed E-state index contributed by atoms with van der Waals surface area (Å²) in [6.45, 7) is 1.52. The summed E-state index contributed by atoms with van der Waals surface area (Å²) < 4.78 is 13.4. The minimum Gasteiger partial charge on any atom is -0.367 e. The average Bonchev–Trinajstić information content (AvgIpc) is 2.48. The fourth-order valence-corrected chi connectivity index (χ4v) is 2.78. The Labute approximate surface area is 118 Å². The molecule has 2 nitrogen and oxygen atoms in total. The highest BCUT2D eigenvalue weighted by atomic mass is 19.1. The van der Waals surface area contributed by atoms with Gasteiger partial charge in [0.1, 0.15) is 5.82 Å². The second kappa shape index (κ2) is 5.34. The standard InChI is InChI=1S/C17H15FN2/c18-16-8-7-14(11-19)15(10-16)12-20-9-3-5-13-4-1-2-6-17(13)20/h1-2,4,6-8,10H,3,5,9,12H2. The first-order valence-electron chi connectivity index (χ1n) is 6.79. The van der Waals surface area contributed by atoms with Crippen LogP contribution in [0.1, 0.15) is 23.1 Å². The summed E-state index contributed by atoms with van der Waals surface area (Å²) in [7, 11) is 0. The van der Waals surface area contributed by atoms with Crippen LogP contribution in [0.25, 0.3) is 0 Å². The van der Waals surface area contributed by atoms with Crippen molar-refractivity contribution >= 4 is 5.69 Å². The monoisotopic (exact) mass is 266 g/mol. The van der Waals surface area contributed by atoms with E-state index in [1.807, 2.05) is 12.1 Å². The first-order valence-corrected chi connectivity index (χ1v) is 6.79. The first kappa shape index (κ1) is 12.7. The predicted octanol–water partition coefficient (Wildman–Crippen LogP) is 3.65. The molecular formula is C17H15FN2. The van der Waals surface area contributed by atoms with E-state index in [-0.39, 0.29) is 5.82 Å². The molecule has 100 valence electrons. The van der Waals surface area contributed by atoms with Crippen molar-refractivity contribution < 1.29 is 4.39 Å². The van der Waals surface area contributed by atoms with Gasteiger partial charge in [0.2, 0.25) is 0 Å². The van der Waals surface area contributed by atoms with Gasteiger partial charge in [-0.05, 0) is 48.2 Å². The molecule has 0 fully saturated rings. The van der Waals surface area contributed by atoms with Crippen molar-refractivity contribution in [1.29, 1.82) is 5.26 Å². The Morgan fingerprint density at radius 2 is 2.05 bits per heavy atom. The maximum atomic E-state index is 13.4. The third-order valence-corrected chi connectivity index (χ3v) is 3.76. The van der Waals surface area contributed by atoms with Gasteiger partial charge in [-0.1, -0.05) is 18.2 Å². The number of para-hydroxylation sites is 1. The van der Waals surface area contributed by atoms with Gasteiger partial charge >= 0.3 is 0 Å². The quantitative estimate of drug-likeness (QED) is 0.829. The molecule has 0 radical (unpaired) electrons. The van der Waals surface area contributed by atoms with Gasteiger partial charge in [0.25, 0.3) is 0 Å². The van der Waals surface area contributed by atoms with Gasteiger partial charge in [0, 0.05) is 18.8 Å². The lowest BCUT2D eigenvalue weighted by atomic mass is 10.00. The van der Waals surface area contributed by atoms with E-state index in [0.717, 1.165) is 24.9 Å². The van der Waals surface area contributed by atoms with Crippen LogP contribution in [0.2, 0.25) is 0 Å². The molecule has 0 saturated heterocycles. The number of anilines is 1. The van der Waals surface area contributed by atoms with E-state index in [0.29, 0.717) is 12.1 Å². The Hall–Kier alpha value is -2.34. The van der Waals surface area contributed by atoms with E-state index in [1.165, 1.54) is 23.4 Å². The fraction of sp³-hybridized carbons (Fsp3) is 0.235. The van der Waals surface area contributed by atoms with Crippen LogP contribution in [0.4, 0.5) is 10.1 Å². The molecule has 3 rings (SSSR count). The molecule has 0 spiro atoms. The van der Waals surface area contributed by atoms with E-state index < -0.39 is 0 Å². The number of nitrogens with zero attached hydrogens (tertiary/aromatic N) is 2. The van der Waals surface area contributed by atoms with Crippen LogP contribution in [-0.2, 0) is 13.0 Å². The van der Waals surface area contributed by atoms with Gasteiger partial charge in [-0.25, -0.2) is 4.39 Å². The number of halogens is 1. The number of fused-ring (bicyclic) bond motifs is 1. The van der Waals surface area contributed by atoms with Crippen molar-refractivity contribution in [2.75, 3.05) is 11.4 Å². The SMILES string of the molecule is N#Cc1ccc(F)cc1CN1CCCc2ccccc21. The van der Waals surface area contributed by atoms with E-state index >= 15 is 0 Å². The predicted molar refractivity (Wildman–Crippen MR) is 76.9 cm³/mol. The first-order chi connectivity index (χ1) is 9.78. The number of hydrogen-bond donors (Lipinski definition) is 0. The minimum absolute atomic E-state index is 0.288. The van der Waals surface area contributed by atoms with Crippen molar-refractivity contribution in [3.8, 4) is 6.07 Å². The van der Waals surface area contributed by atoms with Crippen molar-refractivity contribution in [2.24, 2.45) is 0 Å². The number of rotatable bonds is 2. The molecule has 0 amide bonds. The summed E-state index contributed by atoms with van der Waals surface area (Å²) in [5.41, 5.74) is 3.83. The smallest absolute Gasteiger partial charge is 0.123 e. The molecule has 0 N–H and O–H groups in total. The summed E-state index contributed by atoms with van der Waals surface area (Å²) in [4.78, 5) is 2.23. The zero-order chi connectivity index (χ0) is 13.9. The molecule has 0 bridgehead atoms. The van der Waals surface area contributed by atoms with Crippen LogP contribution >= 0.6 is 0 Å². The van der Waals surface area contributed by atoms with Crippen LogP contribution < -0.4 is 4.90 Å². The molecule has 2 aromatic carbocycles. The van der Waals surface area contributed by atoms with E-state index in [9.17, 15) is 4.39 Å². The van der Waals surface area contributed by atoms with Gasteiger partial charge in [-0.15, -0.1) is 0 Å². The van der Waals surface area contributed by atoms with E-state index in [2.05, 4.69) is 23.1 Å². The van der Waals surface area contributed by atoms with Crippen molar-refractivity contribution in [2.45, 2.75) is 19.4 Å². The van der Waals surface area contributed by atoms with Crippen molar-refractivity contribution in [1.82, 2.24) is 0 Å². The minimum atomic E-state index is -0.288. The van der Waals surface area contributed by atoms with Gasteiger partial charge in [0.05, 0.1) is 11.6 Å². The maximum Gasteiger partial charge on any atom is 0.123 e. The third-order valence-electron chi connectivity index (χ3n) is 3.76. The Morgan fingerprint density at radius 1 is 1.20 bits per heavy atom. The summed E-state index contributed by atoms with van der Waals surface area (Å²) in [6, 6.07) is 14.8. The topological polar surface area (TPSA) is 27.0 Å². The third kappa shape index (κ3) is 2.37. The molecule has 0 saturated carbocycles. The summed E-state index contributed by atoms with van der Waals surface area (Å²) in [6.07, 6.45) is 2.18. The van der Waals surface area contributed by atoms with Gasteiger partial charge in [-0.2, -0.15) is 5.26 Å². The van der Waals surface area contributed by atoms with Crippen LogP contribution in [-0.4, -0.2) is 6.54 Å². The largest absolute Gasteiger partial charge is 0.367 e. The van der Waals surface area contributed by atoms with Crippen LogP contribution in [0, 0.1) is 17.1 Å². The van der Waals surface area contributed by atoms with Crippen LogP contribution in [0.5, 0.6) is 0 Å². The summed E-state index contributed by atoms with van der Waals surface area (Å²) in [5.74, 6) is -0.288. The Bertz CT molecular complexity index is 673. The van der Waals surface area contributed by atoms with Crippen LogP contribution in [0.15, 0.2) is 42.5 Å². The normalized spacial score (nSPS) is 13.7. The Morgan fingerprint density at radius 3 is 2.90 bits per heavy atom.